The first-order valence-corrected chi connectivity index (χ1v) is 8.38. The van der Waals surface area contributed by atoms with E-state index in [1.54, 1.807) is 6.07 Å². The Morgan fingerprint density at radius 2 is 1.62 bits per heavy atom. The molecule has 0 spiro atoms. The Morgan fingerprint density at radius 1 is 0.846 bits per heavy atom. The van der Waals surface area contributed by atoms with Crippen molar-refractivity contribution >= 4 is 0 Å². The number of aryl methyl sites for hydroxylation is 2. The van der Waals surface area contributed by atoms with Crippen molar-refractivity contribution in [2.24, 2.45) is 0 Å². The van der Waals surface area contributed by atoms with Gasteiger partial charge in [0.15, 0.2) is 11.6 Å². The molecule has 1 nitrogen and oxygen atoms in total. The van der Waals surface area contributed by atoms with E-state index < -0.39 is 17.4 Å². The number of hydrogen-bond donors (Lipinski definition) is 1. The van der Waals surface area contributed by atoms with Crippen LogP contribution in [0.4, 0.5) is 13.2 Å². The van der Waals surface area contributed by atoms with Crippen molar-refractivity contribution in [1.82, 2.24) is 0 Å². The molecule has 3 aromatic rings. The van der Waals surface area contributed by atoms with Crippen LogP contribution in [0, 0.1) is 31.3 Å². The number of benzene rings is 3. The molecule has 0 unspecified atom stereocenters. The number of aromatic hydroxyl groups is 1. The second-order valence-corrected chi connectivity index (χ2v) is 6.45. The number of phenolic OH excluding ortho intramolecular Hbond substituents is 1. The summed E-state index contributed by atoms with van der Waals surface area (Å²) in [6, 6.07) is 12.3. The number of hydrogen-bond acceptors (Lipinski definition) is 1. The predicted octanol–water partition coefficient (Wildman–Crippen LogP) is 5.88. The molecule has 0 saturated heterocycles. The van der Waals surface area contributed by atoms with Gasteiger partial charge in [-0.3, -0.25) is 0 Å². The molecule has 1 N–H and O–H groups in total. The summed E-state index contributed by atoms with van der Waals surface area (Å²) in [7, 11) is 0. The van der Waals surface area contributed by atoms with Crippen LogP contribution < -0.4 is 0 Å². The van der Waals surface area contributed by atoms with Crippen LogP contribution in [0.2, 0.25) is 0 Å². The van der Waals surface area contributed by atoms with Gasteiger partial charge in [-0.05, 0) is 78.8 Å². The van der Waals surface area contributed by atoms with E-state index in [0.29, 0.717) is 6.42 Å². The fraction of sp³-hybridized carbons (Fsp3) is 0.182. The van der Waals surface area contributed by atoms with E-state index in [1.807, 2.05) is 32.0 Å². The van der Waals surface area contributed by atoms with Crippen molar-refractivity contribution < 1.29 is 18.3 Å². The van der Waals surface area contributed by atoms with Gasteiger partial charge in [0.1, 0.15) is 11.6 Å². The first-order chi connectivity index (χ1) is 12.4. The van der Waals surface area contributed by atoms with Crippen LogP contribution >= 0.6 is 0 Å². The van der Waals surface area contributed by atoms with Crippen LogP contribution in [0.5, 0.6) is 5.75 Å². The number of phenols is 1. The van der Waals surface area contributed by atoms with Crippen LogP contribution in [0.1, 0.15) is 22.3 Å². The zero-order valence-electron chi connectivity index (χ0n) is 14.6. The fourth-order valence-corrected chi connectivity index (χ4v) is 3.10. The molecule has 0 heterocycles. The summed E-state index contributed by atoms with van der Waals surface area (Å²) in [5, 5.41) is 9.46. The molecular formula is C22H19F3O. The molecule has 0 radical (unpaired) electrons. The largest absolute Gasteiger partial charge is 0.505 e. The monoisotopic (exact) mass is 356 g/mol. The summed E-state index contributed by atoms with van der Waals surface area (Å²) in [6.07, 6.45) is 0.534. The van der Waals surface area contributed by atoms with Gasteiger partial charge in [0.25, 0.3) is 0 Å². The van der Waals surface area contributed by atoms with Crippen LogP contribution in [0.25, 0.3) is 11.1 Å². The molecule has 0 bridgehead atoms. The predicted molar refractivity (Wildman–Crippen MR) is 96.7 cm³/mol. The van der Waals surface area contributed by atoms with Crippen molar-refractivity contribution in [2.45, 2.75) is 26.7 Å². The quantitative estimate of drug-likeness (QED) is 0.619. The highest BCUT2D eigenvalue weighted by Crippen LogP contribution is 2.28. The topological polar surface area (TPSA) is 20.2 Å². The minimum Gasteiger partial charge on any atom is -0.505 e. The van der Waals surface area contributed by atoms with E-state index in [-0.39, 0.29) is 17.8 Å². The van der Waals surface area contributed by atoms with Crippen molar-refractivity contribution in [2.75, 3.05) is 0 Å². The van der Waals surface area contributed by atoms with Gasteiger partial charge in [-0.2, -0.15) is 0 Å². The number of rotatable bonds is 4. The van der Waals surface area contributed by atoms with E-state index in [1.165, 1.54) is 12.1 Å². The standard InChI is InChI=1S/C22H19F3O/c1-13-10-17(16-4-3-5-18(23)12-16)11-15(14(13)2)6-7-19-20(24)8-9-21(26)22(19)25/h3-5,8-12,26H,6-7H2,1-2H3. The molecule has 0 aliphatic heterocycles. The second kappa shape index (κ2) is 7.24. The van der Waals surface area contributed by atoms with Crippen LogP contribution in [-0.4, -0.2) is 5.11 Å². The lowest BCUT2D eigenvalue weighted by molar-refractivity contribution is 0.422. The molecule has 0 aliphatic carbocycles. The van der Waals surface area contributed by atoms with Gasteiger partial charge < -0.3 is 5.11 Å². The zero-order valence-corrected chi connectivity index (χ0v) is 14.6. The Kier molecular flexibility index (Phi) is 5.03. The molecule has 3 aromatic carbocycles. The lowest BCUT2D eigenvalue weighted by Gasteiger charge is -2.14. The van der Waals surface area contributed by atoms with E-state index in [9.17, 15) is 18.3 Å². The number of halogens is 3. The lowest BCUT2D eigenvalue weighted by atomic mass is 9.92. The maximum Gasteiger partial charge on any atom is 0.170 e. The van der Waals surface area contributed by atoms with Gasteiger partial charge in [0.05, 0.1) is 0 Å². The fourth-order valence-electron chi connectivity index (χ4n) is 3.10. The third-order valence-electron chi connectivity index (χ3n) is 4.74. The van der Waals surface area contributed by atoms with E-state index >= 15 is 0 Å². The van der Waals surface area contributed by atoms with Crippen molar-refractivity contribution in [1.29, 1.82) is 0 Å². The minimum absolute atomic E-state index is 0.124. The molecule has 0 amide bonds. The highest BCUT2D eigenvalue weighted by Gasteiger charge is 2.14. The summed E-state index contributed by atoms with van der Waals surface area (Å²) in [5.74, 6) is -2.45. The Labute approximate surface area is 150 Å². The summed E-state index contributed by atoms with van der Waals surface area (Å²) in [4.78, 5) is 0. The van der Waals surface area contributed by atoms with Gasteiger partial charge in [-0.1, -0.05) is 24.3 Å². The summed E-state index contributed by atoms with van der Waals surface area (Å²) < 4.78 is 41.4. The summed E-state index contributed by atoms with van der Waals surface area (Å²) >= 11 is 0. The van der Waals surface area contributed by atoms with Gasteiger partial charge in [-0.25, -0.2) is 13.2 Å². The van der Waals surface area contributed by atoms with Gasteiger partial charge >= 0.3 is 0 Å². The molecule has 0 aromatic heterocycles. The smallest absolute Gasteiger partial charge is 0.170 e. The minimum atomic E-state index is -0.916. The van der Waals surface area contributed by atoms with E-state index in [0.717, 1.165) is 39.9 Å². The van der Waals surface area contributed by atoms with Crippen molar-refractivity contribution in [3.8, 4) is 16.9 Å². The SMILES string of the molecule is Cc1cc(-c2cccc(F)c2)cc(CCc2c(F)ccc(O)c2F)c1C. The average Bonchev–Trinajstić information content (AvgIpc) is 2.61. The molecule has 3 rings (SSSR count). The molecule has 0 saturated carbocycles. The van der Waals surface area contributed by atoms with Gasteiger partial charge in [-0.15, -0.1) is 0 Å². The van der Waals surface area contributed by atoms with Crippen molar-refractivity contribution in [3.05, 3.63) is 88.2 Å². The highest BCUT2D eigenvalue weighted by atomic mass is 19.1. The normalized spacial score (nSPS) is 11.0. The Balaban J connectivity index is 1.95. The van der Waals surface area contributed by atoms with E-state index in [4.69, 9.17) is 0 Å². The van der Waals surface area contributed by atoms with Gasteiger partial charge in [0.2, 0.25) is 0 Å². The van der Waals surface area contributed by atoms with Crippen molar-refractivity contribution in [3.63, 3.8) is 0 Å². The van der Waals surface area contributed by atoms with Crippen LogP contribution in [0.3, 0.4) is 0 Å². The zero-order chi connectivity index (χ0) is 18.8. The summed E-state index contributed by atoms with van der Waals surface area (Å²) in [5.41, 5.74) is 4.48. The molecule has 0 fully saturated rings. The molecule has 134 valence electrons. The molecule has 26 heavy (non-hydrogen) atoms. The Hall–Kier alpha value is -2.75. The molecule has 0 atom stereocenters. The first-order valence-electron chi connectivity index (χ1n) is 8.38. The maximum absolute atomic E-state index is 14.0. The summed E-state index contributed by atoms with van der Waals surface area (Å²) in [6.45, 7) is 3.91. The Morgan fingerprint density at radius 3 is 2.35 bits per heavy atom. The second-order valence-electron chi connectivity index (χ2n) is 6.45. The van der Waals surface area contributed by atoms with Gasteiger partial charge in [0, 0.05) is 5.56 Å². The third-order valence-corrected chi connectivity index (χ3v) is 4.74. The lowest BCUT2D eigenvalue weighted by Crippen LogP contribution is -2.02. The van der Waals surface area contributed by atoms with Crippen LogP contribution in [-0.2, 0) is 12.8 Å². The Bertz CT molecular complexity index is 964. The molecule has 0 aliphatic rings. The van der Waals surface area contributed by atoms with E-state index in [2.05, 4.69) is 0 Å². The molecule has 4 heteroatoms. The first kappa shape index (κ1) is 18.1. The highest BCUT2D eigenvalue weighted by molar-refractivity contribution is 5.66. The third kappa shape index (κ3) is 3.59. The van der Waals surface area contributed by atoms with Crippen LogP contribution in [0.15, 0.2) is 48.5 Å². The maximum atomic E-state index is 14.0. The molecular weight excluding hydrogens is 337 g/mol. The average molecular weight is 356 g/mol.